The van der Waals surface area contributed by atoms with E-state index in [2.05, 4.69) is 9.97 Å². The lowest BCUT2D eigenvalue weighted by atomic mass is 10.4. The van der Waals surface area contributed by atoms with Crippen LogP contribution in [-0.4, -0.2) is 20.8 Å². The summed E-state index contributed by atoms with van der Waals surface area (Å²) in [5.74, 6) is 0.395. The van der Waals surface area contributed by atoms with Crippen LogP contribution < -0.4 is 0 Å². The number of carbonyl (C=O) groups is 1. The summed E-state index contributed by atoms with van der Waals surface area (Å²) < 4.78 is 1.70. The lowest BCUT2D eigenvalue weighted by molar-refractivity contribution is 0.111. The molecule has 0 N–H and O–H groups in total. The number of nitrogens with zero attached hydrogens (tertiary/aromatic N) is 3. The van der Waals surface area contributed by atoms with Crippen LogP contribution in [0.2, 0.25) is 0 Å². The Labute approximate surface area is 74.9 Å². The number of aromatic nitrogens is 3. The molecule has 0 saturated heterocycles. The summed E-state index contributed by atoms with van der Waals surface area (Å²) in [6.07, 6.45) is 7.39. The van der Waals surface area contributed by atoms with Crippen LogP contribution in [0.25, 0.3) is 5.69 Å². The minimum Gasteiger partial charge on any atom is -0.297 e. The summed E-state index contributed by atoms with van der Waals surface area (Å²) >= 11 is 0. The second-order valence-corrected chi connectivity index (χ2v) is 2.48. The van der Waals surface area contributed by atoms with Crippen LogP contribution in [0.3, 0.4) is 0 Å². The Morgan fingerprint density at radius 3 is 2.69 bits per heavy atom. The molecule has 64 valence electrons. The van der Waals surface area contributed by atoms with Gasteiger partial charge in [-0.3, -0.25) is 14.3 Å². The van der Waals surface area contributed by atoms with Crippen molar-refractivity contribution in [2.75, 3.05) is 0 Å². The second kappa shape index (κ2) is 3.18. The molecule has 4 nitrogen and oxygen atoms in total. The van der Waals surface area contributed by atoms with Gasteiger partial charge in [0.25, 0.3) is 0 Å². The summed E-state index contributed by atoms with van der Waals surface area (Å²) in [6, 6.07) is 3.63. The van der Waals surface area contributed by atoms with Gasteiger partial charge in [0.15, 0.2) is 12.1 Å². The lowest BCUT2D eigenvalue weighted by Gasteiger charge is -2.01. The number of pyridine rings is 1. The topological polar surface area (TPSA) is 47.8 Å². The van der Waals surface area contributed by atoms with E-state index < -0.39 is 0 Å². The van der Waals surface area contributed by atoms with Gasteiger partial charge in [0.05, 0.1) is 5.69 Å². The van der Waals surface area contributed by atoms with E-state index in [9.17, 15) is 4.79 Å². The van der Waals surface area contributed by atoms with Gasteiger partial charge < -0.3 is 0 Å². The molecular formula is C9H7N3O. The molecule has 0 atom stereocenters. The van der Waals surface area contributed by atoms with Crippen LogP contribution in [0.4, 0.5) is 0 Å². The fourth-order valence-electron chi connectivity index (χ4n) is 1.13. The zero-order valence-corrected chi connectivity index (χ0v) is 6.79. The number of aldehydes is 1. The van der Waals surface area contributed by atoms with Crippen LogP contribution >= 0.6 is 0 Å². The first-order chi connectivity index (χ1) is 6.42. The average Bonchev–Trinajstić information content (AvgIpc) is 2.67. The molecule has 2 aromatic heterocycles. The number of imidazole rings is 1. The first-order valence-electron chi connectivity index (χ1n) is 3.81. The van der Waals surface area contributed by atoms with Crippen LogP contribution in [0.1, 0.15) is 10.6 Å². The summed E-state index contributed by atoms with van der Waals surface area (Å²) in [7, 11) is 0. The molecule has 0 amide bonds. The van der Waals surface area contributed by atoms with Crippen LogP contribution in [-0.2, 0) is 0 Å². The maximum atomic E-state index is 10.6. The Bertz CT molecular complexity index is 408. The van der Waals surface area contributed by atoms with Gasteiger partial charge in [-0.1, -0.05) is 0 Å². The van der Waals surface area contributed by atoms with E-state index in [1.165, 1.54) is 0 Å². The Balaban J connectivity index is 2.52. The zero-order chi connectivity index (χ0) is 9.10. The predicted octanol–water partition coefficient (Wildman–Crippen LogP) is 1.08. The van der Waals surface area contributed by atoms with Crippen molar-refractivity contribution in [1.29, 1.82) is 0 Å². The van der Waals surface area contributed by atoms with Crippen LogP contribution in [0.15, 0.2) is 36.9 Å². The fourth-order valence-corrected chi connectivity index (χ4v) is 1.13. The van der Waals surface area contributed by atoms with Crippen molar-refractivity contribution in [3.8, 4) is 5.69 Å². The van der Waals surface area contributed by atoms with Gasteiger partial charge in [0.1, 0.15) is 0 Å². The van der Waals surface area contributed by atoms with Crippen molar-refractivity contribution in [2.45, 2.75) is 0 Å². The van der Waals surface area contributed by atoms with E-state index in [-0.39, 0.29) is 0 Å². The van der Waals surface area contributed by atoms with Gasteiger partial charge in [-0.25, -0.2) is 4.98 Å². The summed E-state index contributed by atoms with van der Waals surface area (Å²) in [6.45, 7) is 0. The smallest absolute Gasteiger partial charge is 0.185 e. The van der Waals surface area contributed by atoms with Crippen molar-refractivity contribution in [3.63, 3.8) is 0 Å². The molecule has 0 aliphatic carbocycles. The Morgan fingerprint density at radius 2 is 2.00 bits per heavy atom. The molecule has 0 spiro atoms. The molecule has 0 unspecified atom stereocenters. The first kappa shape index (κ1) is 7.67. The Morgan fingerprint density at radius 1 is 1.23 bits per heavy atom. The third-order valence-electron chi connectivity index (χ3n) is 1.72. The normalized spacial score (nSPS) is 9.85. The SMILES string of the molecule is O=Cc1nccn1-c1ccncc1. The third kappa shape index (κ3) is 1.33. The molecular weight excluding hydrogens is 166 g/mol. The average molecular weight is 173 g/mol. The fraction of sp³-hybridized carbons (Fsp3) is 0. The van der Waals surface area contributed by atoms with Gasteiger partial charge >= 0.3 is 0 Å². The minimum atomic E-state index is 0.395. The molecule has 2 aromatic rings. The molecule has 0 radical (unpaired) electrons. The van der Waals surface area contributed by atoms with Crippen LogP contribution in [0.5, 0.6) is 0 Å². The number of hydrogen-bond acceptors (Lipinski definition) is 3. The standard InChI is InChI=1S/C9H7N3O/c13-7-9-11-5-6-12(9)8-1-3-10-4-2-8/h1-7H. The third-order valence-corrected chi connectivity index (χ3v) is 1.72. The summed E-state index contributed by atoms with van der Waals surface area (Å²) in [5.41, 5.74) is 0.884. The molecule has 0 saturated carbocycles. The van der Waals surface area contributed by atoms with E-state index in [1.54, 1.807) is 29.4 Å². The molecule has 0 aromatic carbocycles. The Hall–Kier alpha value is -1.97. The van der Waals surface area contributed by atoms with Crippen molar-refractivity contribution >= 4 is 6.29 Å². The molecule has 2 heterocycles. The van der Waals surface area contributed by atoms with Crippen molar-refractivity contribution in [2.24, 2.45) is 0 Å². The maximum absolute atomic E-state index is 10.6. The highest BCUT2D eigenvalue weighted by Crippen LogP contribution is 2.06. The number of rotatable bonds is 2. The Kier molecular flexibility index (Phi) is 1.88. The first-order valence-corrected chi connectivity index (χ1v) is 3.81. The van der Waals surface area contributed by atoms with E-state index in [4.69, 9.17) is 0 Å². The number of hydrogen-bond donors (Lipinski definition) is 0. The molecule has 2 rings (SSSR count). The van der Waals surface area contributed by atoms with Gasteiger partial charge in [0.2, 0.25) is 0 Å². The van der Waals surface area contributed by atoms with E-state index in [1.807, 2.05) is 12.1 Å². The summed E-state index contributed by atoms with van der Waals surface area (Å²) in [4.78, 5) is 18.3. The zero-order valence-electron chi connectivity index (χ0n) is 6.79. The second-order valence-electron chi connectivity index (χ2n) is 2.48. The molecule has 0 fully saturated rings. The quantitative estimate of drug-likeness (QED) is 0.638. The van der Waals surface area contributed by atoms with Gasteiger partial charge in [-0.15, -0.1) is 0 Å². The van der Waals surface area contributed by atoms with Gasteiger partial charge in [-0.2, -0.15) is 0 Å². The highest BCUT2D eigenvalue weighted by molar-refractivity contribution is 5.70. The monoisotopic (exact) mass is 173 g/mol. The minimum absolute atomic E-state index is 0.395. The molecule has 0 aliphatic rings. The highest BCUT2D eigenvalue weighted by Gasteiger charge is 2.01. The molecule has 0 aliphatic heterocycles. The van der Waals surface area contributed by atoms with Crippen molar-refractivity contribution < 1.29 is 4.79 Å². The van der Waals surface area contributed by atoms with E-state index in [0.717, 1.165) is 12.0 Å². The molecule has 4 heteroatoms. The van der Waals surface area contributed by atoms with E-state index >= 15 is 0 Å². The lowest BCUT2D eigenvalue weighted by Crippen LogP contribution is -1.98. The molecule has 0 bridgehead atoms. The maximum Gasteiger partial charge on any atom is 0.185 e. The van der Waals surface area contributed by atoms with Crippen molar-refractivity contribution in [1.82, 2.24) is 14.5 Å². The van der Waals surface area contributed by atoms with Gasteiger partial charge in [-0.05, 0) is 12.1 Å². The van der Waals surface area contributed by atoms with Crippen molar-refractivity contribution in [3.05, 3.63) is 42.7 Å². The number of carbonyl (C=O) groups excluding carboxylic acids is 1. The van der Waals surface area contributed by atoms with E-state index in [0.29, 0.717) is 5.82 Å². The van der Waals surface area contributed by atoms with Gasteiger partial charge in [0, 0.05) is 24.8 Å². The van der Waals surface area contributed by atoms with Crippen LogP contribution in [0, 0.1) is 0 Å². The predicted molar refractivity (Wildman–Crippen MR) is 46.7 cm³/mol. The highest BCUT2D eigenvalue weighted by atomic mass is 16.1. The molecule has 13 heavy (non-hydrogen) atoms. The largest absolute Gasteiger partial charge is 0.297 e. The summed E-state index contributed by atoms with van der Waals surface area (Å²) in [5, 5.41) is 0.